The first-order chi connectivity index (χ1) is 10.2. The van der Waals surface area contributed by atoms with Crippen molar-refractivity contribution in [2.75, 3.05) is 0 Å². The summed E-state index contributed by atoms with van der Waals surface area (Å²) >= 11 is 5.93. The van der Waals surface area contributed by atoms with E-state index in [2.05, 4.69) is 19.9 Å². The number of alkyl halides is 3. The van der Waals surface area contributed by atoms with Gasteiger partial charge in [-0.2, -0.15) is 18.2 Å². The van der Waals surface area contributed by atoms with Gasteiger partial charge in [0.05, 0.1) is 22.5 Å². The molecule has 8 heteroatoms. The van der Waals surface area contributed by atoms with Gasteiger partial charge < -0.3 is 0 Å². The fraction of sp³-hybridized carbons (Fsp3) is 0.571. The van der Waals surface area contributed by atoms with Gasteiger partial charge in [-0.15, -0.1) is 0 Å². The molecule has 4 nitrogen and oxygen atoms in total. The van der Waals surface area contributed by atoms with E-state index < -0.39 is 17.0 Å². The maximum Gasteiger partial charge on any atom is 0.394 e. The average Bonchev–Trinajstić information content (AvgIpc) is 2.26. The van der Waals surface area contributed by atoms with Gasteiger partial charge in [-0.25, -0.2) is 15.0 Å². The smallest absolute Gasteiger partial charge is 0.246 e. The third-order valence-electron chi connectivity index (χ3n) is 5.05. The van der Waals surface area contributed by atoms with Crippen molar-refractivity contribution < 1.29 is 13.2 Å². The number of aromatic nitrogens is 4. The Labute approximate surface area is 129 Å². The summed E-state index contributed by atoms with van der Waals surface area (Å²) in [6.07, 6.45) is -3.98. The van der Waals surface area contributed by atoms with Gasteiger partial charge in [0, 0.05) is 5.41 Å². The van der Waals surface area contributed by atoms with Gasteiger partial charge >= 0.3 is 6.18 Å². The third kappa shape index (κ3) is 1.60. The van der Waals surface area contributed by atoms with Crippen molar-refractivity contribution in [1.29, 1.82) is 0 Å². The first-order valence-electron chi connectivity index (χ1n) is 6.92. The van der Waals surface area contributed by atoms with E-state index in [0.717, 1.165) is 11.4 Å². The van der Waals surface area contributed by atoms with Crippen LogP contribution in [0.1, 0.15) is 36.3 Å². The summed E-state index contributed by atoms with van der Waals surface area (Å²) in [4.78, 5) is 17.0. The number of hydrogen-bond donors (Lipinski definition) is 0. The molecule has 3 aliphatic carbocycles. The molecule has 5 rings (SSSR count). The number of aryl methyl sites for hydroxylation is 2. The Morgan fingerprint density at radius 3 is 2.14 bits per heavy atom. The fourth-order valence-corrected chi connectivity index (χ4v) is 3.96. The van der Waals surface area contributed by atoms with Gasteiger partial charge in [0.1, 0.15) is 5.52 Å². The standard InChI is InChI=1S/C14H12ClF3N4/c1-6-7(2)20-10-8(19-6)9(21-11(15)22-10)12-3-13(4-12,5-12)14(16,17)18/h3-5H2,1-2H3/t12-,13+. The lowest BCUT2D eigenvalue weighted by Gasteiger charge is -2.70. The summed E-state index contributed by atoms with van der Waals surface area (Å²) in [6, 6.07) is 0. The van der Waals surface area contributed by atoms with Crippen LogP contribution in [0.25, 0.3) is 11.2 Å². The SMILES string of the molecule is Cc1nc2nc(Cl)nc([C@]34C[C@](C(F)(F)F)(C3)C4)c2nc1C. The van der Waals surface area contributed by atoms with Crippen LogP contribution in [0, 0.1) is 19.3 Å². The molecule has 0 amide bonds. The van der Waals surface area contributed by atoms with E-state index >= 15 is 0 Å². The molecule has 3 saturated carbocycles. The molecule has 3 fully saturated rings. The largest absolute Gasteiger partial charge is 0.394 e. The Morgan fingerprint density at radius 1 is 0.955 bits per heavy atom. The van der Waals surface area contributed by atoms with E-state index in [9.17, 15) is 13.2 Å². The summed E-state index contributed by atoms with van der Waals surface area (Å²) in [7, 11) is 0. The van der Waals surface area contributed by atoms with Crippen LogP contribution in [-0.2, 0) is 5.41 Å². The van der Waals surface area contributed by atoms with Crippen LogP contribution in [0.2, 0.25) is 5.28 Å². The number of fused-ring (bicyclic) bond motifs is 1. The fourth-order valence-electron chi connectivity index (χ4n) is 3.80. The second-order valence-electron chi connectivity index (χ2n) is 6.50. The molecule has 0 radical (unpaired) electrons. The molecule has 0 spiro atoms. The maximum absolute atomic E-state index is 13.0. The second kappa shape index (κ2) is 3.88. The molecular formula is C14H12ClF3N4. The molecule has 2 aromatic heterocycles. The van der Waals surface area contributed by atoms with Crippen molar-refractivity contribution in [2.45, 2.75) is 44.7 Å². The van der Waals surface area contributed by atoms with Crippen LogP contribution >= 0.6 is 11.6 Å². The molecule has 0 N–H and O–H groups in total. The van der Waals surface area contributed by atoms with E-state index in [4.69, 9.17) is 11.6 Å². The highest BCUT2D eigenvalue weighted by atomic mass is 35.5. The molecule has 22 heavy (non-hydrogen) atoms. The van der Waals surface area contributed by atoms with Crippen LogP contribution in [-0.4, -0.2) is 26.1 Å². The minimum atomic E-state index is -4.15. The average molecular weight is 329 g/mol. The van der Waals surface area contributed by atoms with Gasteiger partial charge in [-0.3, -0.25) is 0 Å². The molecule has 116 valence electrons. The minimum absolute atomic E-state index is 0.00540. The van der Waals surface area contributed by atoms with Gasteiger partial charge in [-0.05, 0) is 44.7 Å². The highest BCUT2D eigenvalue weighted by Crippen LogP contribution is 2.78. The normalized spacial score (nSPS) is 30.1. The van der Waals surface area contributed by atoms with Crippen molar-refractivity contribution in [3.8, 4) is 0 Å². The van der Waals surface area contributed by atoms with E-state index in [1.54, 1.807) is 13.8 Å². The van der Waals surface area contributed by atoms with Crippen molar-refractivity contribution in [3.63, 3.8) is 0 Å². The summed E-state index contributed by atoms with van der Waals surface area (Å²) in [6.45, 7) is 3.61. The minimum Gasteiger partial charge on any atom is -0.246 e. The van der Waals surface area contributed by atoms with Crippen molar-refractivity contribution >= 4 is 22.8 Å². The quantitative estimate of drug-likeness (QED) is 0.749. The lowest BCUT2D eigenvalue weighted by Crippen LogP contribution is -2.70. The number of rotatable bonds is 1. The number of nitrogens with zero attached hydrogens (tertiary/aromatic N) is 4. The molecule has 0 aliphatic heterocycles. The summed E-state index contributed by atoms with van der Waals surface area (Å²) in [5, 5.41) is 0.00540. The lowest BCUT2D eigenvalue weighted by atomic mass is 9.34. The molecule has 3 aliphatic rings. The van der Waals surface area contributed by atoms with Crippen LogP contribution in [0.4, 0.5) is 13.2 Å². The van der Waals surface area contributed by atoms with Gasteiger partial charge in [-0.1, -0.05) is 0 Å². The third-order valence-corrected chi connectivity index (χ3v) is 5.22. The molecule has 2 aromatic rings. The van der Waals surface area contributed by atoms with Gasteiger partial charge in [0.15, 0.2) is 5.65 Å². The Kier molecular flexibility index (Phi) is 2.49. The van der Waals surface area contributed by atoms with Crippen molar-refractivity contribution in [2.24, 2.45) is 5.41 Å². The van der Waals surface area contributed by atoms with Crippen LogP contribution in [0.5, 0.6) is 0 Å². The number of hydrogen-bond acceptors (Lipinski definition) is 4. The predicted octanol–water partition coefficient (Wildman–Crippen LogP) is 3.67. The molecule has 2 heterocycles. The number of halogens is 4. The molecule has 0 saturated heterocycles. The summed E-state index contributed by atoms with van der Waals surface area (Å²) < 4.78 is 39.1. The Hall–Kier alpha value is -1.50. The molecule has 0 unspecified atom stereocenters. The van der Waals surface area contributed by atoms with E-state index in [-0.39, 0.29) is 24.5 Å². The van der Waals surface area contributed by atoms with Gasteiger partial charge in [0.25, 0.3) is 0 Å². The molecule has 0 aromatic carbocycles. The molecular weight excluding hydrogens is 317 g/mol. The molecule has 2 bridgehead atoms. The predicted molar refractivity (Wildman–Crippen MR) is 73.6 cm³/mol. The van der Waals surface area contributed by atoms with Crippen LogP contribution in [0.3, 0.4) is 0 Å². The van der Waals surface area contributed by atoms with E-state index in [1.807, 2.05) is 0 Å². The first kappa shape index (κ1) is 14.1. The maximum atomic E-state index is 13.0. The second-order valence-corrected chi connectivity index (χ2v) is 6.83. The topological polar surface area (TPSA) is 51.6 Å². The van der Waals surface area contributed by atoms with Crippen LogP contribution < -0.4 is 0 Å². The zero-order chi connectivity index (χ0) is 15.9. The van der Waals surface area contributed by atoms with Crippen LogP contribution in [0.15, 0.2) is 0 Å². The lowest BCUT2D eigenvalue weighted by molar-refractivity contribution is -0.337. The Bertz CT molecular complexity index is 798. The van der Waals surface area contributed by atoms with E-state index in [0.29, 0.717) is 16.9 Å². The zero-order valence-corrected chi connectivity index (χ0v) is 12.7. The van der Waals surface area contributed by atoms with Crippen molar-refractivity contribution in [3.05, 3.63) is 22.4 Å². The summed E-state index contributed by atoms with van der Waals surface area (Å²) in [5.74, 6) is 0. The summed E-state index contributed by atoms with van der Waals surface area (Å²) in [5.41, 5.74) is 0.672. The Morgan fingerprint density at radius 2 is 1.55 bits per heavy atom. The monoisotopic (exact) mass is 328 g/mol. The van der Waals surface area contributed by atoms with Crippen molar-refractivity contribution in [1.82, 2.24) is 19.9 Å². The van der Waals surface area contributed by atoms with E-state index in [1.165, 1.54) is 0 Å². The molecule has 0 atom stereocenters. The first-order valence-corrected chi connectivity index (χ1v) is 7.29. The Balaban J connectivity index is 1.83. The highest BCUT2D eigenvalue weighted by molar-refractivity contribution is 6.28. The zero-order valence-electron chi connectivity index (χ0n) is 11.9. The highest BCUT2D eigenvalue weighted by Gasteiger charge is 2.79. The van der Waals surface area contributed by atoms with Gasteiger partial charge in [0.2, 0.25) is 5.28 Å².